The van der Waals surface area contributed by atoms with Crippen LogP contribution in [0.5, 0.6) is 0 Å². The number of aliphatic hydroxyl groups excluding tert-OH is 1. The van der Waals surface area contributed by atoms with Crippen molar-refractivity contribution in [3.63, 3.8) is 0 Å². The Labute approximate surface area is 414 Å². The van der Waals surface area contributed by atoms with Gasteiger partial charge in [0.1, 0.15) is 25.3 Å². The molecular formula is C49H62N11O7PSSi. The minimum absolute atomic E-state index is 0.109. The Morgan fingerprint density at radius 1 is 0.800 bits per heavy atom. The topological polar surface area (TPSA) is 197 Å². The van der Waals surface area contributed by atoms with Crippen LogP contribution in [-0.4, -0.2) is 122 Å². The largest absolute Gasteiger partial charge is 0.409 e. The van der Waals surface area contributed by atoms with Gasteiger partial charge < -0.3 is 23.5 Å². The van der Waals surface area contributed by atoms with Crippen molar-refractivity contribution in [3.8, 4) is 0 Å². The molecule has 0 bridgehead atoms. The van der Waals surface area contributed by atoms with Crippen LogP contribution in [0.3, 0.4) is 0 Å². The van der Waals surface area contributed by atoms with Crippen molar-refractivity contribution in [1.82, 2.24) is 44.1 Å². The molecule has 6 aromatic rings. The first-order chi connectivity index (χ1) is 33.4. The number of nitrogens with one attached hydrogen (secondary N) is 1. The van der Waals surface area contributed by atoms with E-state index in [0.29, 0.717) is 45.1 Å². The highest BCUT2D eigenvalue weighted by Gasteiger charge is 2.50. The molecule has 21 heteroatoms. The summed E-state index contributed by atoms with van der Waals surface area (Å²) < 4.78 is 31.0. The zero-order chi connectivity index (χ0) is 50.1. The summed E-state index contributed by atoms with van der Waals surface area (Å²) >= 11 is 6.22. The van der Waals surface area contributed by atoms with Crippen LogP contribution in [0.25, 0.3) is 22.3 Å². The molecule has 2 unspecified atom stereocenters. The van der Waals surface area contributed by atoms with Gasteiger partial charge >= 0.3 is 0 Å². The van der Waals surface area contributed by atoms with Crippen LogP contribution in [0.2, 0.25) is 18.1 Å². The number of imidazole rings is 2. The minimum Gasteiger partial charge on any atom is -0.409 e. The van der Waals surface area contributed by atoms with Crippen molar-refractivity contribution >= 4 is 72.3 Å². The Bertz CT molecular complexity index is 2900. The number of hydrogen-bond donors (Lipinski definition) is 2. The predicted molar refractivity (Wildman–Crippen MR) is 276 cm³/mol. The molecule has 70 heavy (non-hydrogen) atoms. The molecule has 0 radical (unpaired) electrons. The number of nitrogens with zero attached hydrogens (tertiary/aromatic N) is 10. The van der Waals surface area contributed by atoms with Crippen LogP contribution < -0.4 is 14.9 Å². The molecule has 2 fully saturated rings. The number of rotatable bonds is 18. The molecule has 9 atom stereocenters. The van der Waals surface area contributed by atoms with Gasteiger partial charge in [-0.1, -0.05) is 95.0 Å². The highest BCUT2D eigenvalue weighted by atomic mass is 32.4. The van der Waals surface area contributed by atoms with Crippen LogP contribution in [0, 0.1) is 11.8 Å². The minimum atomic E-state index is -2.80. The lowest BCUT2D eigenvalue weighted by Crippen LogP contribution is -2.47. The summed E-state index contributed by atoms with van der Waals surface area (Å²) in [7, 11) is -2.39. The maximum atomic E-state index is 13.8. The molecule has 0 saturated carbocycles. The monoisotopic (exact) mass is 1010 g/mol. The van der Waals surface area contributed by atoms with Crippen molar-refractivity contribution < 1.29 is 33.1 Å². The molecule has 6 heterocycles. The summed E-state index contributed by atoms with van der Waals surface area (Å²) in [4.78, 5) is 58.4. The number of hydrogen-bond acceptors (Lipinski definition) is 14. The van der Waals surface area contributed by atoms with E-state index in [1.807, 2.05) is 42.4 Å². The van der Waals surface area contributed by atoms with Crippen LogP contribution in [-0.2, 0) is 30.2 Å². The summed E-state index contributed by atoms with van der Waals surface area (Å²) in [6.45, 7) is 25.0. The molecule has 4 aromatic heterocycles. The standard InChI is InChI=1S/C49H62N11O7PSSi/c1-11-23-57(45(62)33-19-15-13-16-20-33)41-38-43(52-27-50-41)59(29-54-38)47-32(4)37(35(25-61)65-47)56-68(8,69)64-26-36-31(3)40(67-70(9,10)49(5,6)7)48(66-36)60-30-55-39-42(51-28-53-44(39)60)58(24-12-2)46(63)34-21-17-14-18-22-34/h11-22,27-32,35-37,40,47-48,61H,1-2,23-26H2,3-10H3,(H,56,69)/t31-,32-,35-,36-,37+,40-,47?,48-,68?/m1/s1. The Morgan fingerprint density at radius 3 is 1.76 bits per heavy atom. The number of amides is 2. The Kier molecular flexibility index (Phi) is 15.1. The third kappa shape index (κ3) is 10.1. The number of fused-ring (bicyclic) bond motifs is 2. The SMILES string of the molecule is C=CCN(C(=O)c1ccccc1)c1ncnc2c1ncn2C1O[C@H](CO)[C@@H](NP(C)(=S)OC[C@H]2O[C@@H](n3cnc4c(N(CC=C)C(=O)c5ccccc5)ncnc43)[C@H](O[Si](C)(C)C(C)(C)C)[C@@H]2C)[C@H]1C. The molecule has 2 amide bonds. The van der Waals surface area contributed by atoms with E-state index >= 15 is 0 Å². The van der Waals surface area contributed by atoms with Crippen LogP contribution in [0.1, 0.15) is 67.8 Å². The van der Waals surface area contributed by atoms with Crippen molar-refractivity contribution in [1.29, 1.82) is 0 Å². The van der Waals surface area contributed by atoms with E-state index in [1.54, 1.807) is 70.7 Å². The molecule has 2 saturated heterocycles. The van der Waals surface area contributed by atoms with Gasteiger partial charge in [-0.3, -0.25) is 33.6 Å². The fraction of sp³-hybridized carbons (Fsp3) is 0.429. The van der Waals surface area contributed by atoms with Crippen LogP contribution in [0.15, 0.2) is 111 Å². The van der Waals surface area contributed by atoms with Gasteiger partial charge in [-0.15, -0.1) is 13.2 Å². The molecule has 2 aromatic carbocycles. The molecule has 0 aliphatic carbocycles. The van der Waals surface area contributed by atoms with Gasteiger partial charge in [-0.25, -0.2) is 29.9 Å². The summed E-state index contributed by atoms with van der Waals surface area (Å²) in [5.74, 6) is -0.242. The summed E-state index contributed by atoms with van der Waals surface area (Å²) in [5.41, 5.74) is 2.78. The zero-order valence-corrected chi connectivity index (χ0v) is 43.5. The third-order valence-corrected chi connectivity index (χ3v) is 20.1. The van der Waals surface area contributed by atoms with Gasteiger partial charge in [0.05, 0.1) is 44.2 Å². The molecular weight excluding hydrogens is 946 g/mol. The first kappa shape index (κ1) is 51.0. The quantitative estimate of drug-likeness (QED) is 0.0482. The lowest BCUT2D eigenvalue weighted by atomic mass is 10.00. The lowest BCUT2D eigenvalue weighted by Gasteiger charge is -2.40. The lowest BCUT2D eigenvalue weighted by molar-refractivity contribution is -0.0428. The van der Waals surface area contributed by atoms with Gasteiger partial charge in [0.2, 0.25) is 0 Å². The normalized spacial score (nSPS) is 23.6. The second kappa shape index (κ2) is 20.7. The molecule has 2 aliphatic heterocycles. The van der Waals surface area contributed by atoms with Gasteiger partial charge in [0.25, 0.3) is 11.8 Å². The van der Waals surface area contributed by atoms with Crippen LogP contribution in [0.4, 0.5) is 11.6 Å². The summed E-state index contributed by atoms with van der Waals surface area (Å²) in [5, 5.41) is 14.2. The van der Waals surface area contributed by atoms with Gasteiger partial charge in [-0.05, 0) is 42.4 Å². The number of aromatic nitrogens is 8. The van der Waals surface area contributed by atoms with Crippen molar-refractivity contribution in [2.75, 3.05) is 42.8 Å². The first-order valence-electron chi connectivity index (χ1n) is 23.3. The van der Waals surface area contributed by atoms with E-state index in [-0.39, 0.29) is 55.0 Å². The van der Waals surface area contributed by atoms with Crippen molar-refractivity contribution in [2.24, 2.45) is 11.8 Å². The average molecular weight is 1010 g/mol. The van der Waals surface area contributed by atoms with E-state index in [2.05, 4.69) is 84.0 Å². The van der Waals surface area contributed by atoms with Crippen molar-refractivity contribution in [3.05, 3.63) is 122 Å². The predicted octanol–water partition coefficient (Wildman–Crippen LogP) is 7.70. The average Bonchev–Trinajstić information content (AvgIpc) is 4.12. The van der Waals surface area contributed by atoms with Crippen LogP contribution >= 0.6 is 6.42 Å². The number of carbonyl (C=O) groups excluding carboxylic acids is 2. The Balaban J connectivity index is 1.02. The molecule has 8 rings (SSSR count). The van der Waals surface area contributed by atoms with Crippen molar-refractivity contribution in [2.45, 2.75) is 89.6 Å². The van der Waals surface area contributed by atoms with E-state index < -0.39 is 51.5 Å². The fourth-order valence-corrected chi connectivity index (χ4v) is 12.1. The fourth-order valence-electron chi connectivity index (χ4n) is 8.76. The molecule has 0 spiro atoms. The number of ether oxygens (including phenoxy) is 2. The molecule has 18 nitrogen and oxygen atoms in total. The number of anilines is 2. The number of carbonyl (C=O) groups is 2. The summed E-state index contributed by atoms with van der Waals surface area (Å²) in [6.07, 6.45) is 3.77. The van der Waals surface area contributed by atoms with E-state index in [0.717, 1.165) is 0 Å². The maximum Gasteiger partial charge on any atom is 0.259 e. The van der Waals surface area contributed by atoms with Gasteiger partial charge in [0.15, 0.2) is 48.5 Å². The zero-order valence-electron chi connectivity index (χ0n) is 40.8. The molecule has 370 valence electrons. The molecule has 2 N–H and O–H groups in total. The van der Waals surface area contributed by atoms with E-state index in [4.69, 9.17) is 35.2 Å². The summed E-state index contributed by atoms with van der Waals surface area (Å²) in [6, 6.07) is 17.5. The Morgan fingerprint density at radius 2 is 1.29 bits per heavy atom. The molecule has 2 aliphatic rings. The van der Waals surface area contributed by atoms with E-state index in [9.17, 15) is 14.7 Å². The Hall–Kier alpha value is -5.41. The van der Waals surface area contributed by atoms with Gasteiger partial charge in [-0.2, -0.15) is 0 Å². The smallest absolute Gasteiger partial charge is 0.259 e. The highest BCUT2D eigenvalue weighted by Crippen LogP contribution is 2.48. The first-order valence-corrected chi connectivity index (χ1v) is 29.4. The second-order valence-electron chi connectivity index (χ2n) is 19.4. The maximum absolute atomic E-state index is 13.8. The highest BCUT2D eigenvalue weighted by molar-refractivity contribution is 8.11. The van der Waals surface area contributed by atoms with E-state index in [1.165, 1.54) is 17.6 Å². The number of aliphatic hydroxyl groups is 1. The van der Waals surface area contributed by atoms with Gasteiger partial charge in [0, 0.05) is 48.8 Å². The second-order valence-corrected chi connectivity index (χ2v) is 28.4. The third-order valence-electron chi connectivity index (χ3n) is 13.6. The number of benzene rings is 2.